The molecule has 0 aromatic rings. The number of nitrogens with two attached hydrogens (primary N) is 1. The molecule has 0 aliphatic heterocycles. The predicted octanol–water partition coefficient (Wildman–Crippen LogP) is -1.00. The topological polar surface area (TPSA) is 111 Å². The Balaban J connectivity index is 0. The van der Waals surface area contributed by atoms with Gasteiger partial charge in [0.15, 0.2) is 0 Å². The Hall–Kier alpha value is -0.690. The van der Waals surface area contributed by atoms with Crippen molar-refractivity contribution in [2.24, 2.45) is 5.73 Å². The predicted molar refractivity (Wildman–Crippen MR) is 75.6 cm³/mol. The van der Waals surface area contributed by atoms with Gasteiger partial charge >= 0.3 is 0 Å². The number of unbranched alkanes of at least 4 members (excludes halogenated alkanes) is 1. The van der Waals surface area contributed by atoms with Crippen molar-refractivity contribution in [1.82, 2.24) is 16.0 Å². The summed E-state index contributed by atoms with van der Waals surface area (Å²) in [5.74, 6) is 0.0496. The molecular formula is C12H30N4O2. The van der Waals surface area contributed by atoms with E-state index in [0.29, 0.717) is 0 Å². The fourth-order valence-electron chi connectivity index (χ4n) is 1.45. The molecule has 0 aliphatic rings. The molecule has 6 heteroatoms. The SMILES string of the molecule is CC(=O)NCCCNCCCCNCCCN.O. The van der Waals surface area contributed by atoms with E-state index >= 15 is 0 Å². The largest absolute Gasteiger partial charge is 0.412 e. The van der Waals surface area contributed by atoms with E-state index in [1.165, 1.54) is 12.8 Å². The minimum absolute atomic E-state index is 0. The third-order valence-electron chi connectivity index (χ3n) is 2.42. The third kappa shape index (κ3) is 17.7. The van der Waals surface area contributed by atoms with Crippen molar-refractivity contribution in [3.63, 3.8) is 0 Å². The maximum atomic E-state index is 10.6. The number of carbonyl (C=O) groups is 1. The normalized spacial score (nSPS) is 9.89. The van der Waals surface area contributed by atoms with E-state index in [4.69, 9.17) is 5.73 Å². The summed E-state index contributed by atoms with van der Waals surface area (Å²) < 4.78 is 0. The third-order valence-corrected chi connectivity index (χ3v) is 2.42. The second-order valence-electron chi connectivity index (χ2n) is 4.19. The number of hydrogen-bond donors (Lipinski definition) is 4. The molecule has 0 saturated heterocycles. The van der Waals surface area contributed by atoms with Gasteiger partial charge in [0.2, 0.25) is 5.91 Å². The van der Waals surface area contributed by atoms with Crippen molar-refractivity contribution in [2.45, 2.75) is 32.6 Å². The van der Waals surface area contributed by atoms with E-state index in [2.05, 4.69) is 16.0 Å². The second-order valence-corrected chi connectivity index (χ2v) is 4.19. The number of rotatable bonds is 12. The molecule has 110 valence electrons. The van der Waals surface area contributed by atoms with Gasteiger partial charge in [0.1, 0.15) is 0 Å². The first-order chi connectivity index (χ1) is 8.27. The molecule has 0 spiro atoms. The molecule has 0 heterocycles. The van der Waals surface area contributed by atoms with Gasteiger partial charge in [-0.15, -0.1) is 0 Å². The molecule has 0 unspecified atom stereocenters. The van der Waals surface area contributed by atoms with E-state index < -0.39 is 0 Å². The summed E-state index contributed by atoms with van der Waals surface area (Å²) >= 11 is 0. The van der Waals surface area contributed by atoms with Crippen molar-refractivity contribution in [2.75, 3.05) is 39.3 Å². The highest BCUT2D eigenvalue weighted by atomic mass is 16.1. The number of hydrogen-bond acceptors (Lipinski definition) is 4. The first kappa shape index (κ1) is 19.6. The quantitative estimate of drug-likeness (QED) is 0.338. The molecule has 1 amide bonds. The van der Waals surface area contributed by atoms with Crippen molar-refractivity contribution >= 4 is 5.91 Å². The monoisotopic (exact) mass is 262 g/mol. The highest BCUT2D eigenvalue weighted by Crippen LogP contribution is 1.85. The second kappa shape index (κ2) is 16.3. The molecule has 7 N–H and O–H groups in total. The highest BCUT2D eigenvalue weighted by molar-refractivity contribution is 5.72. The maximum absolute atomic E-state index is 10.6. The van der Waals surface area contributed by atoms with Gasteiger partial charge in [-0.2, -0.15) is 0 Å². The van der Waals surface area contributed by atoms with Gasteiger partial charge in [0.05, 0.1) is 0 Å². The molecule has 18 heavy (non-hydrogen) atoms. The van der Waals surface area contributed by atoms with Crippen molar-refractivity contribution in [3.8, 4) is 0 Å². The van der Waals surface area contributed by atoms with Crippen LogP contribution in [0.5, 0.6) is 0 Å². The summed E-state index contributed by atoms with van der Waals surface area (Å²) in [7, 11) is 0. The Kier molecular flexibility index (Phi) is 17.8. The van der Waals surface area contributed by atoms with Crippen LogP contribution in [0.15, 0.2) is 0 Å². The minimum atomic E-state index is 0. The van der Waals surface area contributed by atoms with Gasteiger partial charge in [-0.1, -0.05) is 0 Å². The number of nitrogens with one attached hydrogen (secondary N) is 3. The Bertz CT molecular complexity index is 179. The van der Waals surface area contributed by atoms with Crippen molar-refractivity contribution in [1.29, 1.82) is 0 Å². The lowest BCUT2D eigenvalue weighted by Gasteiger charge is -2.06. The zero-order valence-corrected chi connectivity index (χ0v) is 11.6. The minimum Gasteiger partial charge on any atom is -0.412 e. The number of amides is 1. The first-order valence-electron chi connectivity index (χ1n) is 6.63. The van der Waals surface area contributed by atoms with Crippen LogP contribution in [0.2, 0.25) is 0 Å². The van der Waals surface area contributed by atoms with Crippen LogP contribution in [-0.4, -0.2) is 50.7 Å². The van der Waals surface area contributed by atoms with Gasteiger partial charge in [0.25, 0.3) is 0 Å². The molecule has 0 aromatic heterocycles. The summed E-state index contributed by atoms with van der Waals surface area (Å²) in [6.07, 6.45) is 4.44. The van der Waals surface area contributed by atoms with E-state index in [9.17, 15) is 4.79 Å². The van der Waals surface area contributed by atoms with Gasteiger partial charge in [-0.25, -0.2) is 0 Å². The van der Waals surface area contributed by atoms with Crippen LogP contribution in [0.4, 0.5) is 0 Å². The van der Waals surface area contributed by atoms with Gasteiger partial charge in [0, 0.05) is 13.5 Å². The van der Waals surface area contributed by atoms with Crippen LogP contribution < -0.4 is 21.7 Å². The smallest absolute Gasteiger partial charge is 0.216 e. The van der Waals surface area contributed by atoms with Gasteiger partial charge in [-0.05, 0) is 58.4 Å². The summed E-state index contributed by atoms with van der Waals surface area (Å²) in [6.45, 7) is 7.21. The van der Waals surface area contributed by atoms with Crippen molar-refractivity contribution in [3.05, 3.63) is 0 Å². The lowest BCUT2D eigenvalue weighted by Crippen LogP contribution is -2.26. The molecule has 6 nitrogen and oxygen atoms in total. The molecule has 0 rings (SSSR count). The molecule has 0 fully saturated rings. The van der Waals surface area contributed by atoms with Crippen LogP contribution in [-0.2, 0) is 4.79 Å². The van der Waals surface area contributed by atoms with E-state index in [1.54, 1.807) is 6.92 Å². The van der Waals surface area contributed by atoms with Crippen LogP contribution >= 0.6 is 0 Å². The zero-order valence-electron chi connectivity index (χ0n) is 11.6. The molecule has 0 saturated carbocycles. The molecule has 0 atom stereocenters. The van der Waals surface area contributed by atoms with Gasteiger partial charge < -0.3 is 27.2 Å². The maximum Gasteiger partial charge on any atom is 0.216 e. The summed E-state index contributed by atoms with van der Waals surface area (Å²) in [4.78, 5) is 10.6. The van der Waals surface area contributed by atoms with Crippen LogP contribution in [0.25, 0.3) is 0 Å². The average Bonchev–Trinajstić information content (AvgIpc) is 2.30. The Morgan fingerprint density at radius 2 is 1.39 bits per heavy atom. The van der Waals surface area contributed by atoms with Crippen molar-refractivity contribution < 1.29 is 10.3 Å². The summed E-state index contributed by atoms with van der Waals surface area (Å²) in [5.41, 5.74) is 5.39. The van der Waals surface area contributed by atoms with Gasteiger partial charge in [-0.3, -0.25) is 4.79 Å². The fraction of sp³-hybridized carbons (Fsp3) is 0.917. The standard InChI is InChI=1S/C12H28N4O.H2O/c1-12(17)16-11-5-10-15-8-3-2-7-14-9-4-6-13;/h14-15H,2-11,13H2,1H3,(H,16,17);1H2. The molecular weight excluding hydrogens is 232 g/mol. The Labute approximate surface area is 110 Å². The number of carbonyl (C=O) groups excluding carboxylic acids is 1. The molecule has 0 aromatic carbocycles. The molecule has 0 bridgehead atoms. The van der Waals surface area contributed by atoms with Crippen LogP contribution in [0.3, 0.4) is 0 Å². The zero-order chi connectivity index (χ0) is 12.8. The summed E-state index contributed by atoms with van der Waals surface area (Å²) in [6, 6.07) is 0. The Morgan fingerprint density at radius 3 is 1.89 bits per heavy atom. The summed E-state index contributed by atoms with van der Waals surface area (Å²) in [5, 5.41) is 9.49. The molecule has 0 aliphatic carbocycles. The van der Waals surface area contributed by atoms with Crippen LogP contribution in [0, 0.1) is 0 Å². The van der Waals surface area contributed by atoms with E-state index in [1.807, 2.05) is 0 Å². The fourth-order valence-corrected chi connectivity index (χ4v) is 1.45. The van der Waals surface area contributed by atoms with Crippen LogP contribution in [0.1, 0.15) is 32.6 Å². The lowest BCUT2D eigenvalue weighted by molar-refractivity contribution is -0.118. The average molecular weight is 262 g/mol. The van der Waals surface area contributed by atoms with E-state index in [-0.39, 0.29) is 11.4 Å². The molecule has 0 radical (unpaired) electrons. The lowest BCUT2D eigenvalue weighted by atomic mass is 10.3. The van der Waals surface area contributed by atoms with E-state index in [0.717, 1.165) is 52.1 Å². The first-order valence-corrected chi connectivity index (χ1v) is 6.63. The Morgan fingerprint density at radius 1 is 0.889 bits per heavy atom. The highest BCUT2D eigenvalue weighted by Gasteiger charge is 1.92.